The van der Waals surface area contributed by atoms with Crippen molar-refractivity contribution in [2.45, 2.75) is 47.5 Å². The van der Waals surface area contributed by atoms with E-state index in [1.54, 1.807) is 25.2 Å². The summed E-state index contributed by atoms with van der Waals surface area (Å²) in [7, 11) is 0. The molecule has 1 atom stereocenters. The summed E-state index contributed by atoms with van der Waals surface area (Å²) in [6.07, 6.45) is 0.982. The number of amides is 2. The topological polar surface area (TPSA) is 118 Å². The van der Waals surface area contributed by atoms with Crippen LogP contribution in [0.5, 0.6) is 23.0 Å². The Morgan fingerprint density at radius 2 is 1.52 bits per heavy atom. The summed E-state index contributed by atoms with van der Waals surface area (Å²) in [6.45, 7) is 9.36. The van der Waals surface area contributed by atoms with Gasteiger partial charge >= 0.3 is 0 Å². The van der Waals surface area contributed by atoms with Crippen LogP contribution in [0.15, 0.2) is 71.3 Å². The second kappa shape index (κ2) is 10.7. The fourth-order valence-corrected chi connectivity index (χ4v) is 7.51. The van der Waals surface area contributed by atoms with Gasteiger partial charge in [-0.2, -0.15) is 0 Å². The predicted octanol–water partition coefficient (Wildman–Crippen LogP) is 7.63. The van der Waals surface area contributed by atoms with Crippen LogP contribution in [0.25, 0.3) is 27.1 Å². The molecule has 1 aromatic heterocycles. The van der Waals surface area contributed by atoms with E-state index in [0.29, 0.717) is 35.1 Å². The molecule has 7 nitrogen and oxygen atoms in total. The fraction of sp³-hybridized carbons (Fsp3) is 0.222. The molecule has 44 heavy (non-hydrogen) atoms. The van der Waals surface area contributed by atoms with Crippen LogP contribution in [0.1, 0.15) is 49.3 Å². The third-order valence-corrected chi connectivity index (χ3v) is 9.65. The van der Waals surface area contributed by atoms with Gasteiger partial charge in [0.2, 0.25) is 0 Å². The van der Waals surface area contributed by atoms with E-state index in [4.69, 9.17) is 0 Å². The third-order valence-electron chi connectivity index (χ3n) is 8.55. The minimum Gasteiger partial charge on any atom is -0.507 e. The van der Waals surface area contributed by atoms with Crippen LogP contribution < -0.4 is 4.90 Å². The van der Waals surface area contributed by atoms with Crippen molar-refractivity contribution in [2.75, 3.05) is 4.90 Å². The van der Waals surface area contributed by atoms with Gasteiger partial charge in [0.05, 0.1) is 22.4 Å². The molecule has 0 saturated carbocycles. The van der Waals surface area contributed by atoms with E-state index < -0.39 is 17.6 Å². The molecule has 0 radical (unpaired) electrons. The van der Waals surface area contributed by atoms with Crippen LogP contribution in [-0.2, 0) is 22.4 Å². The molecule has 8 heteroatoms. The summed E-state index contributed by atoms with van der Waals surface area (Å²) in [6, 6.07) is 16.1. The van der Waals surface area contributed by atoms with Crippen LogP contribution in [-0.4, -0.2) is 32.2 Å². The van der Waals surface area contributed by atoms with E-state index in [-0.39, 0.29) is 51.1 Å². The zero-order valence-electron chi connectivity index (χ0n) is 25.1. The number of carbonyl (C=O) groups excluding carboxylic acids is 2. The van der Waals surface area contributed by atoms with Gasteiger partial charge in [-0.3, -0.25) is 9.59 Å². The first-order chi connectivity index (χ1) is 20.9. The Balaban J connectivity index is 1.50. The number of phenols is 4. The molecule has 3 aromatic carbocycles. The standard InChI is InChI=1S/C36H33NO6S/c1-17(2)29-30(19(4)23-16-28(44-20(23)5)21-9-7-6-8-10-21)36(43)37(35(29)42)26-11-12-27(38)31(34(26)41)24-15-22-13-18(3)14-25(32(22)39)33(24)40/h6-12,15-16,18,38-41H,13-14H2,1-5H3/b30-19+. The predicted molar refractivity (Wildman–Crippen MR) is 173 cm³/mol. The number of phenolic OH excluding ortho intramolecular Hbond substituents is 4. The van der Waals surface area contributed by atoms with E-state index in [1.165, 1.54) is 18.2 Å². The highest BCUT2D eigenvalue weighted by atomic mass is 32.1. The van der Waals surface area contributed by atoms with Crippen molar-refractivity contribution >= 4 is 34.4 Å². The quantitative estimate of drug-likeness (QED) is 0.140. The molecule has 4 aromatic rings. The zero-order chi connectivity index (χ0) is 31.6. The molecule has 1 unspecified atom stereocenters. The largest absolute Gasteiger partial charge is 0.507 e. The zero-order valence-corrected chi connectivity index (χ0v) is 26.0. The number of rotatable bonds is 4. The Morgan fingerprint density at radius 1 is 0.841 bits per heavy atom. The van der Waals surface area contributed by atoms with Gasteiger partial charge in [0.15, 0.2) is 5.75 Å². The van der Waals surface area contributed by atoms with Crippen molar-refractivity contribution < 1.29 is 30.0 Å². The van der Waals surface area contributed by atoms with Crippen molar-refractivity contribution in [3.05, 3.63) is 92.9 Å². The number of carbonyl (C=O) groups is 2. The summed E-state index contributed by atoms with van der Waals surface area (Å²) in [5.41, 5.74) is 4.54. The number of nitrogens with zero attached hydrogens (tertiary/aromatic N) is 1. The van der Waals surface area contributed by atoms with Crippen molar-refractivity contribution in [3.63, 3.8) is 0 Å². The maximum absolute atomic E-state index is 14.2. The SMILES string of the molecule is CC(C)=C1C(=O)N(c2ccc(O)c(-c3cc4c(O)c(c3O)CC(C)C4)c2O)C(=O)/C1=C(\C)c1cc(-c2ccccc2)sc1C. The van der Waals surface area contributed by atoms with E-state index >= 15 is 0 Å². The van der Waals surface area contributed by atoms with E-state index in [1.807, 2.05) is 57.2 Å². The van der Waals surface area contributed by atoms with Gasteiger partial charge in [-0.05, 0) is 93.0 Å². The molecule has 1 aliphatic carbocycles. The molecular formula is C36H33NO6S. The first-order valence-corrected chi connectivity index (χ1v) is 15.3. The molecule has 6 rings (SSSR count). The van der Waals surface area contributed by atoms with E-state index in [9.17, 15) is 30.0 Å². The maximum atomic E-state index is 14.2. The lowest BCUT2D eigenvalue weighted by atomic mass is 9.82. The van der Waals surface area contributed by atoms with Gasteiger partial charge in [0, 0.05) is 20.9 Å². The summed E-state index contributed by atoms with van der Waals surface area (Å²) >= 11 is 1.61. The number of thiophene rings is 1. The van der Waals surface area contributed by atoms with Crippen LogP contribution in [0.4, 0.5) is 5.69 Å². The summed E-state index contributed by atoms with van der Waals surface area (Å²) in [5.74, 6) is -2.11. The van der Waals surface area contributed by atoms with Gasteiger partial charge in [0.25, 0.3) is 11.8 Å². The van der Waals surface area contributed by atoms with E-state index in [2.05, 4.69) is 0 Å². The van der Waals surface area contributed by atoms with E-state index in [0.717, 1.165) is 25.8 Å². The molecular weight excluding hydrogens is 574 g/mol. The average Bonchev–Trinajstić information content (AvgIpc) is 3.49. The minimum absolute atomic E-state index is 0.00184. The normalized spacial score (nSPS) is 17.4. The lowest BCUT2D eigenvalue weighted by molar-refractivity contribution is -0.119. The fourth-order valence-electron chi connectivity index (χ4n) is 6.42. The van der Waals surface area contributed by atoms with Gasteiger partial charge in [-0.25, -0.2) is 4.90 Å². The minimum atomic E-state index is -0.589. The molecule has 224 valence electrons. The average molecular weight is 608 g/mol. The Hall–Kier alpha value is -4.82. The lowest BCUT2D eigenvalue weighted by Crippen LogP contribution is -2.29. The second-order valence-corrected chi connectivity index (χ2v) is 13.1. The number of allylic oxidation sites excluding steroid dienone is 2. The molecule has 1 aliphatic heterocycles. The number of hydrogen-bond donors (Lipinski definition) is 4. The van der Waals surface area contributed by atoms with Crippen molar-refractivity contribution in [2.24, 2.45) is 5.92 Å². The summed E-state index contributed by atoms with van der Waals surface area (Å²) in [4.78, 5) is 31.1. The second-order valence-electron chi connectivity index (χ2n) is 11.9. The maximum Gasteiger partial charge on any atom is 0.266 e. The third kappa shape index (κ3) is 4.48. The Morgan fingerprint density at radius 3 is 2.20 bits per heavy atom. The van der Waals surface area contributed by atoms with Crippen LogP contribution >= 0.6 is 11.3 Å². The highest BCUT2D eigenvalue weighted by Gasteiger charge is 2.43. The van der Waals surface area contributed by atoms with Crippen LogP contribution in [0.2, 0.25) is 0 Å². The molecule has 2 bridgehead atoms. The Bertz CT molecular complexity index is 1940. The van der Waals surface area contributed by atoms with Gasteiger partial charge < -0.3 is 20.4 Å². The Kier molecular flexibility index (Phi) is 7.13. The van der Waals surface area contributed by atoms with Crippen molar-refractivity contribution in [3.8, 4) is 44.6 Å². The van der Waals surface area contributed by atoms with Crippen molar-refractivity contribution in [1.29, 1.82) is 0 Å². The molecule has 0 spiro atoms. The lowest BCUT2D eigenvalue weighted by Gasteiger charge is -2.25. The first kappa shape index (κ1) is 29.3. The molecule has 4 N–H and O–H groups in total. The van der Waals surface area contributed by atoms with Gasteiger partial charge in [-0.15, -0.1) is 11.3 Å². The number of aryl methyl sites for hydroxylation is 1. The molecule has 2 amide bonds. The molecule has 2 heterocycles. The van der Waals surface area contributed by atoms with Gasteiger partial charge in [-0.1, -0.05) is 42.8 Å². The first-order valence-electron chi connectivity index (χ1n) is 14.5. The molecule has 2 aliphatic rings. The smallest absolute Gasteiger partial charge is 0.266 e. The number of fused-ring (bicyclic) bond motifs is 2. The monoisotopic (exact) mass is 607 g/mol. The number of imide groups is 1. The highest BCUT2D eigenvalue weighted by molar-refractivity contribution is 7.15. The number of anilines is 1. The van der Waals surface area contributed by atoms with Gasteiger partial charge in [0.1, 0.15) is 17.2 Å². The highest BCUT2D eigenvalue weighted by Crippen LogP contribution is 2.52. The summed E-state index contributed by atoms with van der Waals surface area (Å²) in [5, 5.41) is 44.2. The summed E-state index contributed by atoms with van der Waals surface area (Å²) < 4.78 is 0. The van der Waals surface area contributed by atoms with Crippen molar-refractivity contribution in [1.82, 2.24) is 0 Å². The molecule has 1 fully saturated rings. The number of benzene rings is 3. The van der Waals surface area contributed by atoms with Crippen LogP contribution in [0, 0.1) is 12.8 Å². The number of aromatic hydroxyl groups is 4. The number of hydrogen-bond acceptors (Lipinski definition) is 7. The Labute approximate surface area is 259 Å². The van der Waals surface area contributed by atoms with Crippen LogP contribution in [0.3, 0.4) is 0 Å². The molecule has 1 saturated heterocycles.